The molecule has 0 saturated heterocycles. The third kappa shape index (κ3) is 4.05. The number of aromatic amines is 2. The summed E-state index contributed by atoms with van der Waals surface area (Å²) in [5.41, 5.74) is 0.854. The molecule has 4 rings (SSSR count). The second kappa shape index (κ2) is 7.43. The third-order valence-electron chi connectivity index (χ3n) is 3.88. The summed E-state index contributed by atoms with van der Waals surface area (Å²) < 4.78 is 32.0. The van der Waals surface area contributed by atoms with E-state index in [1.54, 1.807) is 30.3 Å². The Labute approximate surface area is 161 Å². The van der Waals surface area contributed by atoms with Crippen LogP contribution in [0.4, 0.5) is 25.0 Å². The Kier molecular flexibility index (Phi) is 4.65. The van der Waals surface area contributed by atoms with Gasteiger partial charge >= 0.3 is 11.7 Å². The number of imidazole rings is 1. The van der Waals surface area contributed by atoms with Crippen molar-refractivity contribution in [1.29, 1.82) is 0 Å². The Morgan fingerprint density at radius 3 is 2.55 bits per heavy atom. The van der Waals surface area contributed by atoms with Crippen LogP contribution in [0.3, 0.4) is 0 Å². The highest BCUT2D eigenvalue weighted by Crippen LogP contribution is 2.27. The van der Waals surface area contributed by atoms with Crippen LogP contribution in [-0.4, -0.2) is 21.0 Å². The number of rotatable bonds is 4. The van der Waals surface area contributed by atoms with Crippen molar-refractivity contribution in [3.63, 3.8) is 0 Å². The standard InChI is InChI=1S/C19H13F2N5O3/c20-13-5-4-11(9-14(13)21)24-18(27)23-10-2-1-3-12(8-10)29-15-6-7-22-17-16(15)25-19(28)26-17/h1-9H,(H2,23,24,27)(H2,22,25,26,28). The number of hydrogen-bond acceptors (Lipinski definition) is 4. The number of carbonyl (C=O) groups excluding carboxylic acids is 1. The molecule has 0 radical (unpaired) electrons. The van der Waals surface area contributed by atoms with Gasteiger partial charge in [-0.1, -0.05) is 6.07 Å². The van der Waals surface area contributed by atoms with E-state index in [1.807, 2.05) is 0 Å². The molecule has 4 aromatic rings. The number of nitrogens with zero attached hydrogens (tertiary/aromatic N) is 1. The number of fused-ring (bicyclic) bond motifs is 1. The molecule has 2 heterocycles. The number of ether oxygens (including phenoxy) is 1. The monoisotopic (exact) mass is 397 g/mol. The molecule has 0 fully saturated rings. The van der Waals surface area contributed by atoms with Crippen LogP contribution in [0.15, 0.2) is 59.5 Å². The maximum Gasteiger partial charge on any atom is 0.325 e. The lowest BCUT2D eigenvalue weighted by Gasteiger charge is -2.10. The minimum absolute atomic E-state index is 0.101. The summed E-state index contributed by atoms with van der Waals surface area (Å²) >= 11 is 0. The van der Waals surface area contributed by atoms with Gasteiger partial charge in [0.2, 0.25) is 0 Å². The first-order valence-corrected chi connectivity index (χ1v) is 8.36. The molecule has 8 nitrogen and oxygen atoms in total. The fraction of sp³-hybridized carbons (Fsp3) is 0. The predicted molar refractivity (Wildman–Crippen MR) is 102 cm³/mol. The van der Waals surface area contributed by atoms with E-state index in [2.05, 4.69) is 25.6 Å². The number of pyridine rings is 1. The van der Waals surface area contributed by atoms with Crippen molar-refractivity contribution >= 4 is 28.6 Å². The lowest BCUT2D eigenvalue weighted by Crippen LogP contribution is -2.19. The second-order valence-electron chi connectivity index (χ2n) is 5.95. The molecule has 0 atom stereocenters. The number of benzene rings is 2. The van der Waals surface area contributed by atoms with Crippen LogP contribution < -0.4 is 21.1 Å². The Balaban J connectivity index is 1.48. The maximum atomic E-state index is 13.2. The molecule has 0 aliphatic carbocycles. The van der Waals surface area contributed by atoms with Gasteiger partial charge in [-0.25, -0.2) is 23.4 Å². The van der Waals surface area contributed by atoms with Crippen molar-refractivity contribution in [3.8, 4) is 11.5 Å². The number of carbonyl (C=O) groups is 1. The van der Waals surface area contributed by atoms with E-state index in [1.165, 1.54) is 12.3 Å². The lowest BCUT2D eigenvalue weighted by molar-refractivity contribution is 0.262. The molecule has 0 aliphatic heterocycles. The van der Waals surface area contributed by atoms with Crippen LogP contribution in [-0.2, 0) is 0 Å². The average molecular weight is 397 g/mol. The molecule has 0 saturated carbocycles. The minimum Gasteiger partial charge on any atom is -0.455 e. The first kappa shape index (κ1) is 18.2. The van der Waals surface area contributed by atoms with Gasteiger partial charge in [0.05, 0.1) is 0 Å². The van der Waals surface area contributed by atoms with E-state index in [0.29, 0.717) is 28.4 Å². The Hall–Kier alpha value is -4.21. The number of halogens is 2. The summed E-state index contributed by atoms with van der Waals surface area (Å²) in [5.74, 6) is -1.30. The van der Waals surface area contributed by atoms with Crippen LogP contribution in [0.25, 0.3) is 11.2 Å². The average Bonchev–Trinajstić information content (AvgIpc) is 3.06. The van der Waals surface area contributed by atoms with Gasteiger partial charge in [0.1, 0.15) is 11.3 Å². The van der Waals surface area contributed by atoms with Gasteiger partial charge in [0, 0.05) is 35.8 Å². The number of urea groups is 1. The molecule has 4 N–H and O–H groups in total. The fourth-order valence-corrected chi connectivity index (χ4v) is 2.63. The molecule has 10 heteroatoms. The van der Waals surface area contributed by atoms with Crippen molar-refractivity contribution in [2.24, 2.45) is 0 Å². The number of H-pyrrole nitrogens is 2. The van der Waals surface area contributed by atoms with Gasteiger partial charge in [-0.15, -0.1) is 0 Å². The zero-order valence-electron chi connectivity index (χ0n) is 14.6. The van der Waals surface area contributed by atoms with Crippen LogP contribution in [0.1, 0.15) is 0 Å². The van der Waals surface area contributed by atoms with E-state index >= 15 is 0 Å². The summed E-state index contributed by atoms with van der Waals surface area (Å²) in [4.78, 5) is 32.7. The van der Waals surface area contributed by atoms with Gasteiger partial charge in [0.25, 0.3) is 0 Å². The van der Waals surface area contributed by atoms with Gasteiger partial charge in [0.15, 0.2) is 23.0 Å². The molecular weight excluding hydrogens is 384 g/mol. The van der Waals surface area contributed by atoms with Crippen LogP contribution in [0.2, 0.25) is 0 Å². The lowest BCUT2D eigenvalue weighted by atomic mass is 10.3. The van der Waals surface area contributed by atoms with E-state index in [4.69, 9.17) is 4.74 Å². The zero-order chi connectivity index (χ0) is 20.4. The second-order valence-corrected chi connectivity index (χ2v) is 5.95. The number of nitrogens with one attached hydrogen (secondary N) is 4. The summed E-state index contributed by atoms with van der Waals surface area (Å²) in [5, 5.41) is 4.97. The molecule has 2 aromatic heterocycles. The van der Waals surface area contributed by atoms with Crippen molar-refractivity contribution in [2.45, 2.75) is 0 Å². The number of amides is 2. The molecule has 2 amide bonds. The third-order valence-corrected chi connectivity index (χ3v) is 3.88. The van der Waals surface area contributed by atoms with Gasteiger partial charge in [-0.05, 0) is 24.3 Å². The fourth-order valence-electron chi connectivity index (χ4n) is 2.63. The molecular formula is C19H13F2N5O3. The van der Waals surface area contributed by atoms with Crippen LogP contribution >= 0.6 is 0 Å². The van der Waals surface area contributed by atoms with E-state index < -0.39 is 23.4 Å². The summed E-state index contributed by atoms with van der Waals surface area (Å²) in [6.45, 7) is 0. The van der Waals surface area contributed by atoms with Crippen molar-refractivity contribution in [1.82, 2.24) is 15.0 Å². The first-order valence-electron chi connectivity index (χ1n) is 8.36. The number of anilines is 2. The van der Waals surface area contributed by atoms with Gasteiger partial charge in [-0.3, -0.25) is 4.98 Å². The van der Waals surface area contributed by atoms with Crippen molar-refractivity contribution in [3.05, 3.63) is 76.8 Å². The van der Waals surface area contributed by atoms with E-state index in [9.17, 15) is 18.4 Å². The number of aromatic nitrogens is 3. The highest BCUT2D eigenvalue weighted by Gasteiger charge is 2.10. The summed E-state index contributed by atoms with van der Waals surface area (Å²) in [6.07, 6.45) is 1.48. The SMILES string of the molecule is O=C(Nc1cccc(Oc2ccnc3[nH]c(=O)[nH]c23)c1)Nc1ccc(F)c(F)c1. The number of hydrogen-bond donors (Lipinski definition) is 4. The molecule has 0 aliphatic rings. The first-order chi connectivity index (χ1) is 14.0. The van der Waals surface area contributed by atoms with E-state index in [-0.39, 0.29) is 5.69 Å². The van der Waals surface area contributed by atoms with Gasteiger partial charge < -0.3 is 20.4 Å². The van der Waals surface area contributed by atoms with Crippen molar-refractivity contribution in [2.75, 3.05) is 10.6 Å². The zero-order valence-corrected chi connectivity index (χ0v) is 14.6. The van der Waals surface area contributed by atoms with Gasteiger partial charge in [-0.2, -0.15) is 0 Å². The van der Waals surface area contributed by atoms with Crippen LogP contribution in [0.5, 0.6) is 11.5 Å². The molecule has 0 bridgehead atoms. The molecule has 2 aromatic carbocycles. The normalized spacial score (nSPS) is 10.7. The van der Waals surface area contributed by atoms with Crippen molar-refractivity contribution < 1.29 is 18.3 Å². The molecule has 0 unspecified atom stereocenters. The smallest absolute Gasteiger partial charge is 0.325 e. The predicted octanol–water partition coefficient (Wildman–Crippen LogP) is 3.97. The molecule has 146 valence electrons. The Morgan fingerprint density at radius 2 is 1.76 bits per heavy atom. The minimum atomic E-state index is -1.07. The summed E-state index contributed by atoms with van der Waals surface area (Å²) in [7, 11) is 0. The largest absolute Gasteiger partial charge is 0.455 e. The quantitative estimate of drug-likeness (QED) is 0.417. The Bertz CT molecular complexity index is 1270. The molecule has 29 heavy (non-hydrogen) atoms. The molecule has 0 spiro atoms. The summed E-state index contributed by atoms with van der Waals surface area (Å²) in [6, 6.07) is 10.5. The Morgan fingerprint density at radius 1 is 0.966 bits per heavy atom. The highest BCUT2D eigenvalue weighted by atomic mass is 19.2. The van der Waals surface area contributed by atoms with E-state index in [0.717, 1.165) is 12.1 Å². The highest BCUT2D eigenvalue weighted by molar-refractivity contribution is 5.99. The van der Waals surface area contributed by atoms with Crippen LogP contribution in [0, 0.1) is 11.6 Å². The maximum absolute atomic E-state index is 13.2. The topological polar surface area (TPSA) is 112 Å².